The molecule has 0 saturated carbocycles. The number of rotatable bonds is 4. The molecule has 0 aromatic rings. The third-order valence-electron chi connectivity index (χ3n) is 1.75. The molecule has 1 unspecified atom stereocenters. The van der Waals surface area contributed by atoms with Crippen LogP contribution in [0.2, 0.25) is 0 Å². The average molecular weight is 162 g/mol. The fraction of sp³-hybridized carbons (Fsp3) is 1.00. The van der Waals surface area contributed by atoms with E-state index < -0.39 is 0 Å². The summed E-state index contributed by atoms with van der Waals surface area (Å²) in [7, 11) is 0. The molecule has 0 bridgehead atoms. The summed E-state index contributed by atoms with van der Waals surface area (Å²) in [4.78, 5) is 0. The summed E-state index contributed by atoms with van der Waals surface area (Å²) in [6.07, 6.45) is 5.53. The van der Waals surface area contributed by atoms with E-state index in [2.05, 4.69) is 20.8 Å². The summed E-state index contributed by atoms with van der Waals surface area (Å²) in [5.41, 5.74) is 0. The van der Waals surface area contributed by atoms with E-state index in [0.29, 0.717) is 0 Å². The minimum atomic E-state index is 0. The van der Waals surface area contributed by atoms with E-state index in [1.54, 1.807) is 0 Å². The molecule has 0 fully saturated rings. The minimum absolute atomic E-state index is 0. The molecule has 0 aromatic heterocycles. The first-order chi connectivity index (χ1) is 4.81. The molecule has 0 aromatic carbocycles. The highest BCUT2D eigenvalue weighted by atomic mass is 16.0. The van der Waals surface area contributed by atoms with Crippen molar-refractivity contribution in [3.8, 4) is 0 Å². The molecule has 0 spiro atoms. The lowest BCUT2D eigenvalue weighted by Gasteiger charge is -2.04. The average Bonchev–Trinajstić information content (AvgIpc) is 2.04. The van der Waals surface area contributed by atoms with Gasteiger partial charge in [0.15, 0.2) is 0 Å². The largest absolute Gasteiger partial charge is 0.412 e. The lowest BCUT2D eigenvalue weighted by Crippen LogP contribution is -1.89. The molecule has 0 aliphatic carbocycles. The lowest BCUT2D eigenvalue weighted by molar-refractivity contribution is 0.492. The van der Waals surface area contributed by atoms with Gasteiger partial charge in [0.25, 0.3) is 0 Å². The molecule has 0 aliphatic heterocycles. The molecule has 2 N–H and O–H groups in total. The zero-order valence-electron chi connectivity index (χ0n) is 8.91. The van der Waals surface area contributed by atoms with Crippen molar-refractivity contribution < 1.29 is 5.48 Å². The summed E-state index contributed by atoms with van der Waals surface area (Å²) in [5.74, 6) is 0.954. The smallest absolute Gasteiger partial charge is 0.0445 e. The van der Waals surface area contributed by atoms with Crippen LogP contribution in [0.5, 0.6) is 0 Å². The molecule has 0 aliphatic rings. The second-order valence-corrected chi connectivity index (χ2v) is 2.66. The molecule has 0 saturated heterocycles. The van der Waals surface area contributed by atoms with Crippen molar-refractivity contribution in [1.82, 2.24) is 0 Å². The van der Waals surface area contributed by atoms with E-state index >= 15 is 0 Å². The Morgan fingerprint density at radius 2 is 1.55 bits per heavy atom. The summed E-state index contributed by atoms with van der Waals surface area (Å²) < 4.78 is 0. The Bertz CT molecular complexity index is 44.1. The Labute approximate surface area is 72.5 Å². The summed E-state index contributed by atoms with van der Waals surface area (Å²) >= 11 is 0. The summed E-state index contributed by atoms with van der Waals surface area (Å²) in [6, 6.07) is 0. The fourth-order valence-corrected chi connectivity index (χ4v) is 0.757. The van der Waals surface area contributed by atoms with Gasteiger partial charge in [-0.1, -0.05) is 60.3 Å². The maximum Gasteiger partial charge on any atom is -0.0445 e. The Kier molecular flexibility index (Phi) is 25.7. The van der Waals surface area contributed by atoms with Gasteiger partial charge in [0, 0.05) is 0 Å². The van der Waals surface area contributed by atoms with Crippen molar-refractivity contribution in [1.29, 1.82) is 0 Å². The predicted molar refractivity (Wildman–Crippen MR) is 53.9 cm³/mol. The summed E-state index contributed by atoms with van der Waals surface area (Å²) in [5, 5.41) is 0. The van der Waals surface area contributed by atoms with E-state index in [9.17, 15) is 0 Å². The molecule has 0 rings (SSSR count). The van der Waals surface area contributed by atoms with Crippen LogP contribution in [0.4, 0.5) is 0 Å². The highest BCUT2D eigenvalue weighted by Crippen LogP contribution is 2.09. The second kappa shape index (κ2) is 16.5. The minimum Gasteiger partial charge on any atom is -0.412 e. The molecule has 1 heteroatoms. The quantitative estimate of drug-likeness (QED) is 0.606. The fourth-order valence-electron chi connectivity index (χ4n) is 0.757. The lowest BCUT2D eigenvalue weighted by atomic mass is 10.0. The van der Waals surface area contributed by atoms with Crippen molar-refractivity contribution in [3.63, 3.8) is 0 Å². The first kappa shape index (κ1) is 17.2. The van der Waals surface area contributed by atoms with Gasteiger partial charge in [-0.15, -0.1) is 0 Å². The SMILES string of the molecule is CC.CCCCC(C)CC.O. The zero-order valence-corrected chi connectivity index (χ0v) is 8.91. The van der Waals surface area contributed by atoms with Crippen molar-refractivity contribution in [2.24, 2.45) is 5.92 Å². The molecule has 0 amide bonds. The van der Waals surface area contributed by atoms with Gasteiger partial charge >= 0.3 is 0 Å². The van der Waals surface area contributed by atoms with E-state index in [0.717, 1.165) is 5.92 Å². The first-order valence-corrected chi connectivity index (χ1v) is 4.81. The van der Waals surface area contributed by atoms with Crippen LogP contribution >= 0.6 is 0 Å². The molecular formula is C10H26O. The van der Waals surface area contributed by atoms with Gasteiger partial charge in [0.05, 0.1) is 0 Å². The van der Waals surface area contributed by atoms with Crippen LogP contribution in [-0.2, 0) is 0 Å². The molecule has 72 valence electrons. The number of hydrogen-bond donors (Lipinski definition) is 0. The van der Waals surface area contributed by atoms with Gasteiger partial charge in [-0.2, -0.15) is 0 Å². The van der Waals surface area contributed by atoms with E-state index in [1.807, 2.05) is 13.8 Å². The first-order valence-electron chi connectivity index (χ1n) is 4.81. The number of unbranched alkanes of at least 4 members (excludes halogenated alkanes) is 1. The van der Waals surface area contributed by atoms with Crippen LogP contribution in [-0.4, -0.2) is 5.48 Å². The number of hydrogen-bond acceptors (Lipinski definition) is 0. The van der Waals surface area contributed by atoms with Gasteiger partial charge in [0.1, 0.15) is 0 Å². The zero-order chi connectivity index (χ0) is 8.41. The highest BCUT2D eigenvalue weighted by Gasteiger charge is 1.94. The van der Waals surface area contributed by atoms with E-state index in [4.69, 9.17) is 0 Å². The van der Waals surface area contributed by atoms with Crippen LogP contribution in [0.1, 0.15) is 60.3 Å². The van der Waals surface area contributed by atoms with E-state index in [1.165, 1.54) is 25.7 Å². The van der Waals surface area contributed by atoms with Crippen molar-refractivity contribution in [2.45, 2.75) is 60.3 Å². The molecule has 0 heterocycles. The van der Waals surface area contributed by atoms with E-state index in [-0.39, 0.29) is 5.48 Å². The van der Waals surface area contributed by atoms with Crippen LogP contribution in [0.3, 0.4) is 0 Å². The van der Waals surface area contributed by atoms with Crippen molar-refractivity contribution >= 4 is 0 Å². The molecule has 0 radical (unpaired) electrons. The molecular weight excluding hydrogens is 136 g/mol. The van der Waals surface area contributed by atoms with Crippen LogP contribution < -0.4 is 0 Å². The third-order valence-corrected chi connectivity index (χ3v) is 1.75. The molecule has 1 nitrogen and oxygen atoms in total. The molecule has 1 atom stereocenters. The monoisotopic (exact) mass is 162 g/mol. The normalized spacial score (nSPS) is 10.6. The third kappa shape index (κ3) is 17.8. The summed E-state index contributed by atoms with van der Waals surface area (Å²) in [6.45, 7) is 10.8. The van der Waals surface area contributed by atoms with Gasteiger partial charge in [-0.05, 0) is 5.92 Å². The van der Waals surface area contributed by atoms with Gasteiger partial charge < -0.3 is 5.48 Å². The Hall–Kier alpha value is -0.0400. The Morgan fingerprint density at radius 3 is 1.82 bits per heavy atom. The topological polar surface area (TPSA) is 31.5 Å². The maximum absolute atomic E-state index is 2.33. The highest BCUT2D eigenvalue weighted by molar-refractivity contribution is 4.47. The van der Waals surface area contributed by atoms with Crippen molar-refractivity contribution in [3.05, 3.63) is 0 Å². The standard InChI is InChI=1S/C8H18.C2H6.H2O/c1-4-6-7-8(3)5-2;1-2;/h8H,4-7H2,1-3H3;1-2H3;1H2. The maximum atomic E-state index is 2.33. The van der Waals surface area contributed by atoms with Crippen molar-refractivity contribution in [2.75, 3.05) is 0 Å². The van der Waals surface area contributed by atoms with Crippen LogP contribution in [0.15, 0.2) is 0 Å². The Morgan fingerprint density at radius 1 is 1.09 bits per heavy atom. The van der Waals surface area contributed by atoms with Crippen LogP contribution in [0, 0.1) is 5.92 Å². The van der Waals surface area contributed by atoms with Gasteiger partial charge in [-0.3, -0.25) is 0 Å². The predicted octanol–water partition coefficient (Wildman–Crippen LogP) is 3.42. The Balaban J connectivity index is -0.000000196. The van der Waals surface area contributed by atoms with Gasteiger partial charge in [0.2, 0.25) is 0 Å². The molecule has 11 heavy (non-hydrogen) atoms. The van der Waals surface area contributed by atoms with Crippen LogP contribution in [0.25, 0.3) is 0 Å². The van der Waals surface area contributed by atoms with Gasteiger partial charge in [-0.25, -0.2) is 0 Å². The second-order valence-electron chi connectivity index (χ2n) is 2.66.